The van der Waals surface area contributed by atoms with Gasteiger partial charge in [0.05, 0.1) is 6.54 Å². The van der Waals surface area contributed by atoms with Crippen molar-refractivity contribution in [3.8, 4) is 6.07 Å². The average molecular weight is 206 g/mol. The Kier molecular flexibility index (Phi) is 3.57. The molecular weight excluding hydrogens is 196 g/mol. The number of aromatic nitrogens is 3. The van der Waals surface area contributed by atoms with Crippen LogP contribution < -0.4 is 0 Å². The maximum absolute atomic E-state index is 10.6. The maximum atomic E-state index is 10.6. The van der Waals surface area contributed by atoms with Gasteiger partial charge in [0.1, 0.15) is 12.4 Å². The summed E-state index contributed by atoms with van der Waals surface area (Å²) in [6.07, 6.45) is 3.40. The highest BCUT2D eigenvalue weighted by molar-refractivity contribution is 5.86. The van der Waals surface area contributed by atoms with Crippen molar-refractivity contribution in [2.24, 2.45) is 0 Å². The highest BCUT2D eigenvalue weighted by Gasteiger charge is 2.03. The van der Waals surface area contributed by atoms with E-state index < -0.39 is 5.97 Å². The summed E-state index contributed by atoms with van der Waals surface area (Å²) in [7, 11) is 0. The zero-order valence-corrected chi connectivity index (χ0v) is 8.21. The molecule has 1 N–H and O–H groups in total. The summed E-state index contributed by atoms with van der Waals surface area (Å²) in [5.74, 6) is -0.852. The van der Waals surface area contributed by atoms with Crippen LogP contribution in [0.4, 0.5) is 0 Å². The van der Waals surface area contributed by atoms with Crippen LogP contribution >= 0.6 is 0 Å². The Balaban J connectivity index is 2.71. The number of aliphatic carboxylic acids is 1. The van der Waals surface area contributed by atoms with E-state index in [2.05, 4.69) is 10.1 Å². The summed E-state index contributed by atoms with van der Waals surface area (Å²) in [6.45, 7) is 2.08. The van der Waals surface area contributed by atoms with Crippen molar-refractivity contribution in [3.63, 3.8) is 0 Å². The van der Waals surface area contributed by atoms with Gasteiger partial charge in [0.2, 0.25) is 0 Å². The van der Waals surface area contributed by atoms with E-state index in [0.717, 1.165) is 0 Å². The molecule has 0 fully saturated rings. The predicted molar refractivity (Wildman–Crippen MR) is 50.7 cm³/mol. The molecule has 6 heteroatoms. The lowest BCUT2D eigenvalue weighted by Gasteiger charge is -1.97. The van der Waals surface area contributed by atoms with Gasteiger partial charge in [-0.3, -0.25) is 0 Å². The molecule has 0 bridgehead atoms. The predicted octanol–water partition coefficient (Wildman–Crippen LogP) is 0.571. The average Bonchev–Trinajstić information content (AvgIpc) is 2.66. The fourth-order valence-electron chi connectivity index (χ4n) is 1.02. The van der Waals surface area contributed by atoms with Crippen LogP contribution in [0.25, 0.3) is 0 Å². The molecule has 0 unspecified atom stereocenters. The third-order valence-corrected chi connectivity index (χ3v) is 1.82. The molecule has 0 aliphatic heterocycles. The zero-order chi connectivity index (χ0) is 11.3. The molecule has 0 spiro atoms. The minimum absolute atomic E-state index is 0.0803. The van der Waals surface area contributed by atoms with Gasteiger partial charge in [0, 0.05) is 5.57 Å². The SMILES string of the molecule is CCC(=CCn1cnc(C#N)n1)C(=O)O. The molecule has 0 aliphatic carbocycles. The number of carbonyl (C=O) groups is 1. The Morgan fingerprint density at radius 1 is 1.80 bits per heavy atom. The molecule has 0 atom stereocenters. The van der Waals surface area contributed by atoms with E-state index >= 15 is 0 Å². The summed E-state index contributed by atoms with van der Waals surface area (Å²) < 4.78 is 1.41. The van der Waals surface area contributed by atoms with Gasteiger partial charge in [-0.05, 0) is 6.42 Å². The van der Waals surface area contributed by atoms with Gasteiger partial charge < -0.3 is 5.11 Å². The molecule has 1 aromatic heterocycles. The number of carboxylic acid groups (broad SMARTS) is 1. The zero-order valence-electron chi connectivity index (χ0n) is 8.21. The fraction of sp³-hybridized carbons (Fsp3) is 0.333. The number of allylic oxidation sites excluding steroid dienone is 1. The quantitative estimate of drug-likeness (QED) is 0.727. The topological polar surface area (TPSA) is 91.8 Å². The molecule has 1 aromatic rings. The van der Waals surface area contributed by atoms with Gasteiger partial charge in [-0.25, -0.2) is 14.5 Å². The second kappa shape index (κ2) is 4.91. The van der Waals surface area contributed by atoms with Gasteiger partial charge >= 0.3 is 5.97 Å². The third-order valence-electron chi connectivity index (χ3n) is 1.82. The normalized spacial score (nSPS) is 11.1. The molecule has 0 radical (unpaired) electrons. The van der Waals surface area contributed by atoms with Crippen LogP contribution in [-0.4, -0.2) is 25.8 Å². The second-order valence-electron chi connectivity index (χ2n) is 2.79. The highest BCUT2D eigenvalue weighted by Crippen LogP contribution is 2.01. The Hall–Kier alpha value is -2.16. The highest BCUT2D eigenvalue weighted by atomic mass is 16.4. The van der Waals surface area contributed by atoms with E-state index in [1.165, 1.54) is 11.0 Å². The van der Waals surface area contributed by atoms with Crippen molar-refractivity contribution in [3.05, 3.63) is 23.8 Å². The number of rotatable bonds is 4. The summed E-state index contributed by atoms with van der Waals surface area (Å²) in [6, 6.07) is 1.79. The van der Waals surface area contributed by atoms with Crippen molar-refractivity contribution in [2.45, 2.75) is 19.9 Å². The molecule has 0 saturated heterocycles. The lowest BCUT2D eigenvalue weighted by atomic mass is 10.2. The van der Waals surface area contributed by atoms with Gasteiger partial charge in [-0.1, -0.05) is 13.0 Å². The standard InChI is InChI=1S/C9H10N4O2/c1-2-7(9(14)15)3-4-13-6-11-8(5-10)12-13/h3,6H,2,4H2,1H3,(H,14,15). The molecule has 78 valence electrons. The van der Waals surface area contributed by atoms with E-state index in [1.807, 2.05) is 0 Å². The van der Waals surface area contributed by atoms with Crippen LogP contribution in [0.2, 0.25) is 0 Å². The maximum Gasteiger partial charge on any atom is 0.331 e. The minimum atomic E-state index is -0.932. The van der Waals surface area contributed by atoms with E-state index in [4.69, 9.17) is 10.4 Å². The first-order chi connectivity index (χ1) is 7.17. The molecule has 0 saturated carbocycles. The molecule has 0 amide bonds. The molecule has 6 nitrogen and oxygen atoms in total. The smallest absolute Gasteiger partial charge is 0.331 e. The number of nitrogens with zero attached hydrogens (tertiary/aromatic N) is 4. The van der Waals surface area contributed by atoms with Gasteiger partial charge in [-0.15, -0.1) is 5.10 Å². The van der Waals surface area contributed by atoms with E-state index in [0.29, 0.717) is 18.5 Å². The van der Waals surface area contributed by atoms with E-state index in [-0.39, 0.29) is 5.82 Å². The first kappa shape index (κ1) is 10.9. The van der Waals surface area contributed by atoms with Crippen molar-refractivity contribution in [1.82, 2.24) is 14.8 Å². The van der Waals surface area contributed by atoms with Crippen molar-refractivity contribution >= 4 is 5.97 Å². The number of nitriles is 1. The largest absolute Gasteiger partial charge is 0.478 e. The van der Waals surface area contributed by atoms with Crippen LogP contribution in [-0.2, 0) is 11.3 Å². The van der Waals surface area contributed by atoms with Crippen LogP contribution in [0.15, 0.2) is 18.0 Å². The van der Waals surface area contributed by atoms with Crippen molar-refractivity contribution in [1.29, 1.82) is 5.26 Å². The number of hydrogen-bond donors (Lipinski definition) is 1. The lowest BCUT2D eigenvalue weighted by Crippen LogP contribution is -2.03. The minimum Gasteiger partial charge on any atom is -0.478 e. The molecule has 15 heavy (non-hydrogen) atoms. The second-order valence-corrected chi connectivity index (χ2v) is 2.79. The van der Waals surface area contributed by atoms with Gasteiger partial charge in [0.15, 0.2) is 0 Å². The first-order valence-corrected chi connectivity index (χ1v) is 4.39. The van der Waals surface area contributed by atoms with Crippen LogP contribution in [0.3, 0.4) is 0 Å². The molecule has 1 heterocycles. The van der Waals surface area contributed by atoms with E-state index in [1.54, 1.807) is 19.1 Å². The molecule has 0 aromatic carbocycles. The Morgan fingerprint density at radius 2 is 2.53 bits per heavy atom. The van der Waals surface area contributed by atoms with Crippen LogP contribution in [0.1, 0.15) is 19.2 Å². The summed E-state index contributed by atoms with van der Waals surface area (Å²) in [5, 5.41) is 21.0. The summed E-state index contributed by atoms with van der Waals surface area (Å²) >= 11 is 0. The summed E-state index contributed by atoms with van der Waals surface area (Å²) in [4.78, 5) is 14.3. The molecule has 1 rings (SSSR count). The number of carboxylic acids is 1. The molecule has 0 aliphatic rings. The van der Waals surface area contributed by atoms with Crippen LogP contribution in [0, 0.1) is 11.3 Å². The van der Waals surface area contributed by atoms with Crippen molar-refractivity contribution < 1.29 is 9.90 Å². The van der Waals surface area contributed by atoms with E-state index in [9.17, 15) is 4.79 Å². The van der Waals surface area contributed by atoms with Crippen LogP contribution in [0.5, 0.6) is 0 Å². The Morgan fingerprint density at radius 3 is 3.00 bits per heavy atom. The first-order valence-electron chi connectivity index (χ1n) is 4.39. The van der Waals surface area contributed by atoms with Gasteiger partial charge in [0.25, 0.3) is 5.82 Å². The Bertz CT molecular complexity index is 428. The lowest BCUT2D eigenvalue weighted by molar-refractivity contribution is -0.132. The summed E-state index contributed by atoms with van der Waals surface area (Å²) in [5.41, 5.74) is 0.323. The number of hydrogen-bond acceptors (Lipinski definition) is 4. The van der Waals surface area contributed by atoms with Crippen molar-refractivity contribution in [2.75, 3.05) is 0 Å². The monoisotopic (exact) mass is 206 g/mol. The Labute approximate surface area is 86.5 Å². The molecular formula is C9H10N4O2. The fourth-order valence-corrected chi connectivity index (χ4v) is 1.02. The third kappa shape index (κ3) is 2.91. The van der Waals surface area contributed by atoms with Gasteiger partial charge in [-0.2, -0.15) is 5.26 Å².